The second-order valence-corrected chi connectivity index (χ2v) is 7.84. The van der Waals surface area contributed by atoms with Crippen LogP contribution in [0.25, 0.3) is 0 Å². The zero-order valence-electron chi connectivity index (χ0n) is 13.7. The van der Waals surface area contributed by atoms with Gasteiger partial charge in [-0.3, -0.25) is 4.90 Å². The molecule has 0 unspecified atom stereocenters. The van der Waals surface area contributed by atoms with E-state index in [0.717, 1.165) is 44.0 Å². The molecule has 6 nitrogen and oxygen atoms in total. The van der Waals surface area contributed by atoms with Gasteiger partial charge in [0.15, 0.2) is 0 Å². The van der Waals surface area contributed by atoms with E-state index in [9.17, 15) is 8.42 Å². The molecule has 1 aromatic carbocycles. The van der Waals surface area contributed by atoms with E-state index in [1.165, 1.54) is 5.56 Å². The van der Waals surface area contributed by atoms with Crippen molar-refractivity contribution in [1.82, 2.24) is 14.9 Å². The number of hydrogen-bond acceptors (Lipinski definition) is 5. The summed E-state index contributed by atoms with van der Waals surface area (Å²) in [5.41, 5.74) is 2.17. The predicted molar refractivity (Wildman–Crippen MR) is 91.8 cm³/mol. The first-order valence-electron chi connectivity index (χ1n) is 8.05. The molecular formula is C17H22N4O2S. The maximum absolute atomic E-state index is 11.3. The van der Waals surface area contributed by atoms with Crippen molar-refractivity contribution in [2.75, 3.05) is 13.1 Å². The quantitative estimate of drug-likeness (QED) is 0.912. The van der Waals surface area contributed by atoms with Crippen LogP contribution in [-0.2, 0) is 16.6 Å². The third-order valence-electron chi connectivity index (χ3n) is 4.48. The molecule has 2 aromatic rings. The van der Waals surface area contributed by atoms with Crippen molar-refractivity contribution in [3.63, 3.8) is 0 Å². The van der Waals surface area contributed by atoms with Gasteiger partial charge in [-0.15, -0.1) is 0 Å². The molecule has 0 aliphatic carbocycles. The molecule has 24 heavy (non-hydrogen) atoms. The molecule has 1 aliphatic rings. The van der Waals surface area contributed by atoms with Crippen molar-refractivity contribution in [2.24, 2.45) is 5.14 Å². The van der Waals surface area contributed by atoms with E-state index in [1.807, 2.05) is 25.1 Å². The molecule has 0 bridgehead atoms. The third kappa shape index (κ3) is 4.17. The second-order valence-electron chi connectivity index (χ2n) is 6.28. The molecule has 0 radical (unpaired) electrons. The summed E-state index contributed by atoms with van der Waals surface area (Å²) < 4.78 is 22.6. The molecule has 1 saturated heterocycles. The number of rotatable bonds is 4. The van der Waals surface area contributed by atoms with Crippen molar-refractivity contribution >= 4 is 10.0 Å². The van der Waals surface area contributed by atoms with Crippen molar-refractivity contribution in [1.29, 1.82) is 0 Å². The molecule has 0 amide bonds. The normalized spacial score (nSPS) is 17.1. The Morgan fingerprint density at radius 2 is 1.83 bits per heavy atom. The monoisotopic (exact) mass is 346 g/mol. The maximum Gasteiger partial charge on any atom is 0.238 e. The molecule has 1 aromatic heterocycles. The van der Waals surface area contributed by atoms with E-state index in [0.29, 0.717) is 5.92 Å². The Hall–Kier alpha value is -1.83. The molecule has 0 atom stereocenters. The van der Waals surface area contributed by atoms with E-state index in [2.05, 4.69) is 14.9 Å². The number of aromatic nitrogens is 2. The van der Waals surface area contributed by atoms with Crippen LogP contribution in [0.4, 0.5) is 0 Å². The lowest BCUT2D eigenvalue weighted by Gasteiger charge is -2.31. The zero-order chi connectivity index (χ0) is 17.2. The fourth-order valence-electron chi connectivity index (χ4n) is 3.13. The first kappa shape index (κ1) is 17.0. The maximum atomic E-state index is 11.3. The SMILES string of the molecule is Cc1ccnc(CN2CCC(c3ccc(S(N)(=O)=O)cc3)CC2)n1. The zero-order valence-corrected chi connectivity index (χ0v) is 14.5. The fraction of sp³-hybridized carbons (Fsp3) is 0.412. The second kappa shape index (κ2) is 6.96. The highest BCUT2D eigenvalue weighted by molar-refractivity contribution is 7.89. The predicted octanol–water partition coefficient (Wildman–Crippen LogP) is 1.81. The minimum absolute atomic E-state index is 0.167. The number of piperidine rings is 1. The first-order chi connectivity index (χ1) is 11.4. The van der Waals surface area contributed by atoms with Crippen LogP contribution in [0.1, 0.15) is 35.8 Å². The molecule has 0 saturated carbocycles. The summed E-state index contributed by atoms with van der Waals surface area (Å²) in [6.07, 6.45) is 3.89. The van der Waals surface area contributed by atoms with E-state index < -0.39 is 10.0 Å². The standard InChI is InChI=1S/C17H22N4O2S/c1-13-6-9-19-17(20-13)12-21-10-7-15(8-11-21)14-2-4-16(5-3-14)24(18,22)23/h2-6,9,15H,7-8,10-12H2,1H3,(H2,18,22,23). The Balaban J connectivity index is 1.59. The van der Waals surface area contributed by atoms with Gasteiger partial charge in [-0.1, -0.05) is 12.1 Å². The van der Waals surface area contributed by atoms with Gasteiger partial charge in [0.25, 0.3) is 0 Å². The Kier molecular flexibility index (Phi) is 4.93. The Labute approximate surface area is 142 Å². The number of sulfonamides is 1. The summed E-state index contributed by atoms with van der Waals surface area (Å²) in [4.78, 5) is 11.3. The lowest BCUT2D eigenvalue weighted by molar-refractivity contribution is 0.200. The summed E-state index contributed by atoms with van der Waals surface area (Å²) in [6, 6.07) is 8.85. The fourth-order valence-corrected chi connectivity index (χ4v) is 3.65. The number of nitrogens with zero attached hydrogens (tertiary/aromatic N) is 3. The van der Waals surface area contributed by atoms with E-state index >= 15 is 0 Å². The van der Waals surface area contributed by atoms with Crippen LogP contribution >= 0.6 is 0 Å². The van der Waals surface area contributed by atoms with Gasteiger partial charge in [0, 0.05) is 11.9 Å². The van der Waals surface area contributed by atoms with E-state index in [1.54, 1.807) is 18.3 Å². The highest BCUT2D eigenvalue weighted by Crippen LogP contribution is 2.29. The summed E-state index contributed by atoms with van der Waals surface area (Å²) >= 11 is 0. The average Bonchev–Trinajstić information content (AvgIpc) is 2.55. The van der Waals surface area contributed by atoms with Crippen molar-refractivity contribution in [3.8, 4) is 0 Å². The first-order valence-corrected chi connectivity index (χ1v) is 9.60. The molecule has 1 fully saturated rings. The van der Waals surface area contributed by atoms with Crippen LogP contribution in [0, 0.1) is 6.92 Å². The largest absolute Gasteiger partial charge is 0.296 e. The number of nitrogens with two attached hydrogens (primary N) is 1. The Bertz CT molecular complexity index is 798. The van der Waals surface area contributed by atoms with Crippen LogP contribution in [-0.4, -0.2) is 36.4 Å². The summed E-state index contributed by atoms with van der Waals surface area (Å²) in [6.45, 7) is 4.72. The van der Waals surface area contributed by atoms with E-state index in [-0.39, 0.29) is 4.90 Å². The molecule has 128 valence electrons. The van der Waals surface area contributed by atoms with Gasteiger partial charge >= 0.3 is 0 Å². The van der Waals surface area contributed by atoms with Gasteiger partial charge in [0.05, 0.1) is 11.4 Å². The molecule has 7 heteroatoms. The summed E-state index contributed by atoms with van der Waals surface area (Å²) in [5.74, 6) is 1.32. The molecule has 3 rings (SSSR count). The van der Waals surface area contributed by atoms with Gasteiger partial charge in [-0.25, -0.2) is 23.5 Å². The highest BCUT2D eigenvalue weighted by atomic mass is 32.2. The van der Waals surface area contributed by atoms with E-state index in [4.69, 9.17) is 5.14 Å². The molecular weight excluding hydrogens is 324 g/mol. The van der Waals surface area contributed by atoms with Crippen LogP contribution in [0.2, 0.25) is 0 Å². The molecule has 2 N–H and O–H groups in total. The van der Waals surface area contributed by atoms with Crippen molar-refractivity contribution in [2.45, 2.75) is 37.1 Å². The Morgan fingerprint density at radius 1 is 1.17 bits per heavy atom. The van der Waals surface area contributed by atoms with Crippen LogP contribution in [0.3, 0.4) is 0 Å². The smallest absolute Gasteiger partial charge is 0.238 e. The molecule has 2 heterocycles. The van der Waals surface area contributed by atoms with Crippen LogP contribution < -0.4 is 5.14 Å². The van der Waals surface area contributed by atoms with Gasteiger partial charge in [0.1, 0.15) is 5.82 Å². The average molecular weight is 346 g/mol. The summed E-state index contributed by atoms with van der Waals surface area (Å²) in [7, 11) is -3.62. The minimum atomic E-state index is -3.62. The van der Waals surface area contributed by atoms with Gasteiger partial charge in [0.2, 0.25) is 10.0 Å². The number of likely N-dealkylation sites (tertiary alicyclic amines) is 1. The third-order valence-corrected chi connectivity index (χ3v) is 5.41. The van der Waals surface area contributed by atoms with Crippen LogP contribution in [0.5, 0.6) is 0 Å². The molecule has 1 aliphatic heterocycles. The number of benzene rings is 1. The summed E-state index contributed by atoms with van der Waals surface area (Å²) in [5, 5.41) is 5.14. The number of primary sulfonamides is 1. The lowest BCUT2D eigenvalue weighted by atomic mass is 9.89. The van der Waals surface area contributed by atoms with Crippen molar-refractivity contribution < 1.29 is 8.42 Å². The minimum Gasteiger partial charge on any atom is -0.296 e. The van der Waals surface area contributed by atoms with Gasteiger partial charge in [-0.2, -0.15) is 0 Å². The molecule has 0 spiro atoms. The van der Waals surface area contributed by atoms with Gasteiger partial charge < -0.3 is 0 Å². The lowest BCUT2D eigenvalue weighted by Crippen LogP contribution is -2.33. The van der Waals surface area contributed by atoms with Gasteiger partial charge in [-0.05, 0) is 62.5 Å². The Morgan fingerprint density at radius 3 is 2.42 bits per heavy atom. The number of aryl methyl sites for hydroxylation is 1. The topological polar surface area (TPSA) is 89.2 Å². The highest BCUT2D eigenvalue weighted by Gasteiger charge is 2.21. The van der Waals surface area contributed by atoms with Crippen LogP contribution in [0.15, 0.2) is 41.4 Å². The van der Waals surface area contributed by atoms with Crippen molar-refractivity contribution in [3.05, 3.63) is 53.6 Å². The number of hydrogen-bond donors (Lipinski definition) is 1.